The SMILES string of the molecule is O=C(O)CC(O)CC(O)/C=C/C(=C(c1ccc(F)cc1)c1ccc(F)cc1)C(F)F. The fourth-order valence-corrected chi connectivity index (χ4v) is 2.86. The van der Waals surface area contributed by atoms with Crippen molar-refractivity contribution in [2.24, 2.45) is 0 Å². The van der Waals surface area contributed by atoms with Gasteiger partial charge in [-0.15, -0.1) is 0 Å². The first-order valence-electron chi connectivity index (χ1n) is 8.97. The van der Waals surface area contributed by atoms with E-state index in [1.165, 1.54) is 24.3 Å². The molecule has 160 valence electrons. The number of aliphatic carboxylic acids is 1. The molecule has 0 spiro atoms. The number of aliphatic hydroxyl groups is 2. The van der Waals surface area contributed by atoms with Gasteiger partial charge in [0.25, 0.3) is 6.43 Å². The maximum absolute atomic E-state index is 13.9. The third-order valence-corrected chi connectivity index (χ3v) is 4.21. The number of hydrogen-bond acceptors (Lipinski definition) is 3. The van der Waals surface area contributed by atoms with Gasteiger partial charge in [-0.3, -0.25) is 4.79 Å². The van der Waals surface area contributed by atoms with Gasteiger partial charge in [-0.05, 0) is 41.0 Å². The fraction of sp³-hybridized carbons (Fsp3) is 0.227. The molecule has 0 aliphatic heterocycles. The van der Waals surface area contributed by atoms with E-state index in [2.05, 4.69) is 0 Å². The molecule has 0 saturated heterocycles. The van der Waals surface area contributed by atoms with Gasteiger partial charge in [0.2, 0.25) is 0 Å². The molecule has 0 fully saturated rings. The smallest absolute Gasteiger partial charge is 0.305 e. The number of carboxylic acids is 1. The van der Waals surface area contributed by atoms with E-state index in [1.54, 1.807) is 0 Å². The number of carboxylic acid groups (broad SMARTS) is 1. The van der Waals surface area contributed by atoms with Crippen molar-refractivity contribution in [1.82, 2.24) is 0 Å². The van der Waals surface area contributed by atoms with Crippen molar-refractivity contribution in [2.45, 2.75) is 31.5 Å². The molecule has 0 aromatic heterocycles. The molecule has 2 aromatic carbocycles. The summed E-state index contributed by atoms with van der Waals surface area (Å²) in [5, 5.41) is 28.2. The summed E-state index contributed by atoms with van der Waals surface area (Å²) < 4.78 is 54.4. The number of benzene rings is 2. The molecule has 0 saturated carbocycles. The molecule has 8 heteroatoms. The quantitative estimate of drug-likeness (QED) is 0.417. The summed E-state index contributed by atoms with van der Waals surface area (Å²) in [4.78, 5) is 10.6. The van der Waals surface area contributed by atoms with E-state index in [1.807, 2.05) is 0 Å². The van der Waals surface area contributed by atoms with Gasteiger partial charge in [-0.1, -0.05) is 36.4 Å². The van der Waals surface area contributed by atoms with Gasteiger partial charge in [0, 0.05) is 12.0 Å². The summed E-state index contributed by atoms with van der Waals surface area (Å²) in [7, 11) is 0. The van der Waals surface area contributed by atoms with E-state index in [0.29, 0.717) is 0 Å². The van der Waals surface area contributed by atoms with Gasteiger partial charge < -0.3 is 15.3 Å². The molecule has 2 unspecified atom stereocenters. The second-order valence-electron chi connectivity index (χ2n) is 6.56. The van der Waals surface area contributed by atoms with Crippen LogP contribution < -0.4 is 0 Å². The highest BCUT2D eigenvalue weighted by Gasteiger charge is 2.19. The molecule has 0 aliphatic carbocycles. The first-order valence-corrected chi connectivity index (χ1v) is 8.97. The van der Waals surface area contributed by atoms with E-state index in [4.69, 9.17) is 5.11 Å². The van der Waals surface area contributed by atoms with Crippen LogP contribution in [0.15, 0.2) is 66.3 Å². The van der Waals surface area contributed by atoms with E-state index >= 15 is 0 Å². The van der Waals surface area contributed by atoms with Crippen LogP contribution in [0.5, 0.6) is 0 Å². The zero-order chi connectivity index (χ0) is 22.3. The lowest BCUT2D eigenvalue weighted by Crippen LogP contribution is -2.19. The van der Waals surface area contributed by atoms with Gasteiger partial charge in [0.1, 0.15) is 11.6 Å². The van der Waals surface area contributed by atoms with E-state index in [9.17, 15) is 32.6 Å². The number of alkyl halides is 2. The standard InChI is InChI=1S/C22H20F4O4/c23-15-5-1-13(2-6-15)21(14-3-7-16(24)8-4-14)19(22(25)26)10-9-17(27)11-18(28)12-20(29)30/h1-10,17-18,22,27-28H,11-12H2,(H,29,30)/b10-9+. The molecule has 3 N–H and O–H groups in total. The van der Waals surface area contributed by atoms with Gasteiger partial charge in [0.15, 0.2) is 0 Å². The van der Waals surface area contributed by atoms with Gasteiger partial charge in [-0.2, -0.15) is 0 Å². The van der Waals surface area contributed by atoms with Crippen molar-refractivity contribution in [3.8, 4) is 0 Å². The molecular formula is C22H20F4O4. The average molecular weight is 424 g/mol. The summed E-state index contributed by atoms with van der Waals surface area (Å²) in [5.74, 6) is -2.38. The maximum Gasteiger partial charge on any atom is 0.305 e. The van der Waals surface area contributed by atoms with Crippen molar-refractivity contribution in [3.63, 3.8) is 0 Å². The van der Waals surface area contributed by atoms with Crippen LogP contribution in [0.4, 0.5) is 17.6 Å². The van der Waals surface area contributed by atoms with Crippen LogP contribution in [0.1, 0.15) is 24.0 Å². The Bertz CT molecular complexity index is 858. The average Bonchev–Trinajstić information content (AvgIpc) is 2.66. The third-order valence-electron chi connectivity index (χ3n) is 4.21. The van der Waals surface area contributed by atoms with Crippen molar-refractivity contribution in [3.05, 3.63) is 89.0 Å². The van der Waals surface area contributed by atoms with Crippen molar-refractivity contribution < 1.29 is 37.7 Å². The molecule has 30 heavy (non-hydrogen) atoms. The predicted molar refractivity (Wildman–Crippen MR) is 103 cm³/mol. The topological polar surface area (TPSA) is 77.8 Å². The highest BCUT2D eigenvalue weighted by atomic mass is 19.3. The minimum atomic E-state index is -3.00. The second-order valence-corrected chi connectivity index (χ2v) is 6.56. The number of hydrogen-bond donors (Lipinski definition) is 3. The van der Waals surface area contributed by atoms with Gasteiger partial charge in [-0.25, -0.2) is 17.6 Å². The van der Waals surface area contributed by atoms with Crippen molar-refractivity contribution >= 4 is 11.5 Å². The van der Waals surface area contributed by atoms with Crippen LogP contribution in [0.3, 0.4) is 0 Å². The third kappa shape index (κ3) is 6.82. The Morgan fingerprint density at radius 3 is 1.77 bits per heavy atom. The number of allylic oxidation sites excluding steroid dienone is 2. The predicted octanol–water partition coefficient (Wildman–Crippen LogP) is 4.17. The summed E-state index contributed by atoms with van der Waals surface area (Å²) in [6.07, 6.45) is -4.71. The Hall–Kier alpha value is -2.97. The molecule has 0 radical (unpaired) electrons. The largest absolute Gasteiger partial charge is 0.481 e. The van der Waals surface area contributed by atoms with E-state index in [-0.39, 0.29) is 23.1 Å². The van der Waals surface area contributed by atoms with Gasteiger partial charge >= 0.3 is 5.97 Å². The van der Waals surface area contributed by atoms with Crippen LogP contribution >= 0.6 is 0 Å². The summed E-state index contributed by atoms with van der Waals surface area (Å²) >= 11 is 0. The summed E-state index contributed by atoms with van der Waals surface area (Å²) in [6.45, 7) is 0. The highest BCUT2D eigenvalue weighted by molar-refractivity contribution is 5.84. The molecule has 0 bridgehead atoms. The molecule has 0 aliphatic rings. The van der Waals surface area contributed by atoms with Gasteiger partial charge in [0.05, 0.1) is 18.6 Å². The minimum absolute atomic E-state index is 0.0135. The van der Waals surface area contributed by atoms with Crippen molar-refractivity contribution in [1.29, 1.82) is 0 Å². The highest BCUT2D eigenvalue weighted by Crippen LogP contribution is 2.31. The normalized spacial score (nSPS) is 13.4. The maximum atomic E-state index is 13.9. The molecule has 0 heterocycles. The second kappa shape index (κ2) is 10.7. The zero-order valence-electron chi connectivity index (χ0n) is 15.7. The Labute approximate surface area is 170 Å². The first kappa shape index (κ1) is 23.3. The number of aliphatic hydroxyl groups excluding tert-OH is 2. The zero-order valence-corrected chi connectivity index (χ0v) is 15.7. The lowest BCUT2D eigenvalue weighted by molar-refractivity contribution is -0.139. The molecule has 0 amide bonds. The number of rotatable bonds is 9. The van der Waals surface area contributed by atoms with E-state index in [0.717, 1.165) is 36.4 Å². The van der Waals surface area contributed by atoms with Crippen molar-refractivity contribution in [2.75, 3.05) is 0 Å². The van der Waals surface area contributed by atoms with Crippen LogP contribution in [0.25, 0.3) is 5.57 Å². The first-order chi connectivity index (χ1) is 14.2. The summed E-state index contributed by atoms with van der Waals surface area (Å²) in [6, 6.07) is 9.61. The molecule has 4 nitrogen and oxygen atoms in total. The Balaban J connectivity index is 2.47. The fourth-order valence-electron chi connectivity index (χ4n) is 2.86. The lowest BCUT2D eigenvalue weighted by Gasteiger charge is -2.15. The van der Waals surface area contributed by atoms with Crippen LogP contribution in [0, 0.1) is 11.6 Å². The van der Waals surface area contributed by atoms with Crippen LogP contribution in [-0.4, -0.2) is 39.9 Å². The Kier molecular flexibility index (Phi) is 8.32. The summed E-state index contributed by atoms with van der Waals surface area (Å²) in [5.41, 5.74) is 0.00578. The monoisotopic (exact) mass is 424 g/mol. The number of halogens is 4. The molecule has 2 rings (SSSR count). The minimum Gasteiger partial charge on any atom is -0.481 e. The van der Waals surface area contributed by atoms with Crippen LogP contribution in [0.2, 0.25) is 0 Å². The van der Waals surface area contributed by atoms with E-state index < -0.39 is 48.2 Å². The molecular weight excluding hydrogens is 404 g/mol. The van der Waals surface area contributed by atoms with Crippen LogP contribution in [-0.2, 0) is 4.79 Å². The Morgan fingerprint density at radius 2 is 1.37 bits per heavy atom. The molecule has 2 aromatic rings. The molecule has 2 atom stereocenters. The lowest BCUT2D eigenvalue weighted by atomic mass is 9.92. The number of carbonyl (C=O) groups is 1. The Morgan fingerprint density at radius 1 is 0.900 bits per heavy atom.